The van der Waals surface area contributed by atoms with Crippen LogP contribution in [0.3, 0.4) is 0 Å². The van der Waals surface area contributed by atoms with E-state index in [1.54, 1.807) is 18.9 Å². The fraction of sp³-hybridized carbons (Fsp3) is 0.143. The van der Waals surface area contributed by atoms with Gasteiger partial charge in [0.2, 0.25) is 0 Å². The molecule has 1 N–H and O–H groups in total. The van der Waals surface area contributed by atoms with Crippen LogP contribution in [0.1, 0.15) is 22.3 Å². The second-order valence-corrected chi connectivity index (χ2v) is 4.06. The first-order valence-corrected chi connectivity index (χ1v) is 5.66. The van der Waals surface area contributed by atoms with Gasteiger partial charge < -0.3 is 5.32 Å². The third kappa shape index (κ3) is 2.84. The lowest BCUT2D eigenvalue weighted by Gasteiger charge is -2.11. The van der Waals surface area contributed by atoms with Crippen molar-refractivity contribution in [1.82, 2.24) is 5.32 Å². The Morgan fingerprint density at radius 2 is 2.26 bits per heavy atom. The molecule has 0 aliphatic carbocycles. The molecule has 0 radical (unpaired) electrons. The van der Waals surface area contributed by atoms with E-state index in [9.17, 15) is 14.0 Å². The molecule has 2 rings (SSSR count). The lowest BCUT2D eigenvalue weighted by atomic mass is 10.1. The lowest BCUT2D eigenvalue weighted by molar-refractivity contribution is 0.0976. The molecule has 0 unspecified atom stereocenters. The molecule has 4 nitrogen and oxygen atoms in total. The molecule has 0 atom stereocenters. The minimum Gasteiger partial charge on any atom is -0.306 e. The summed E-state index contributed by atoms with van der Waals surface area (Å²) in [6, 6.07) is 3.95. The topological polar surface area (TPSA) is 58.5 Å². The van der Waals surface area contributed by atoms with Gasteiger partial charge in [-0.05, 0) is 24.6 Å². The number of benzene rings is 1. The number of carbonyl (C=O) groups is 1. The lowest BCUT2D eigenvalue weighted by Crippen LogP contribution is -2.33. The van der Waals surface area contributed by atoms with E-state index in [-0.39, 0.29) is 17.0 Å². The summed E-state index contributed by atoms with van der Waals surface area (Å²) in [6.45, 7) is 1.70. The van der Waals surface area contributed by atoms with E-state index in [4.69, 9.17) is 0 Å². The van der Waals surface area contributed by atoms with Crippen LogP contribution >= 0.6 is 0 Å². The van der Waals surface area contributed by atoms with E-state index in [1.807, 2.05) is 0 Å². The van der Waals surface area contributed by atoms with E-state index in [0.717, 1.165) is 6.07 Å². The second kappa shape index (κ2) is 5.42. The van der Waals surface area contributed by atoms with E-state index < -0.39 is 11.7 Å². The monoisotopic (exact) mass is 258 g/mol. The normalized spacial score (nSPS) is 13.8. The van der Waals surface area contributed by atoms with Crippen molar-refractivity contribution >= 4 is 17.7 Å². The largest absolute Gasteiger partial charge is 0.306 e. The van der Waals surface area contributed by atoms with Gasteiger partial charge in [0, 0.05) is 18.2 Å². The summed E-state index contributed by atoms with van der Waals surface area (Å²) in [5, 5.41) is 2.50. The van der Waals surface area contributed by atoms with Gasteiger partial charge in [-0.15, -0.1) is 0 Å². The van der Waals surface area contributed by atoms with Gasteiger partial charge in [-0.2, -0.15) is 0 Å². The maximum Gasteiger partial charge on any atom is 0.257 e. The molecule has 96 valence electrons. The Balaban J connectivity index is 2.26. The van der Waals surface area contributed by atoms with Crippen molar-refractivity contribution < 1.29 is 14.0 Å². The molecule has 19 heavy (non-hydrogen) atoms. The molecule has 1 aliphatic heterocycles. The first-order chi connectivity index (χ1) is 9.11. The van der Waals surface area contributed by atoms with Gasteiger partial charge in [-0.25, -0.2) is 14.2 Å². The highest BCUT2D eigenvalue weighted by atomic mass is 19.1. The number of aryl methyl sites for hydroxylation is 1. The third-order valence-electron chi connectivity index (χ3n) is 2.72. The molecule has 1 aromatic rings. The Morgan fingerprint density at radius 3 is 3.00 bits per heavy atom. The molecule has 0 saturated carbocycles. The number of amides is 1. The Labute approximate surface area is 109 Å². The molecular weight excluding hydrogens is 247 g/mol. The Morgan fingerprint density at radius 1 is 1.47 bits per heavy atom. The predicted octanol–water partition coefficient (Wildman–Crippen LogP) is 1.94. The van der Waals surface area contributed by atoms with Crippen molar-refractivity contribution in [3.05, 3.63) is 53.0 Å². The number of allylic oxidation sites excluding steroid dienone is 1. The average molecular weight is 258 g/mol. The maximum atomic E-state index is 13.1. The molecule has 1 aliphatic rings. The Hall–Kier alpha value is -2.52. The number of carbonyl (C=O) groups excluding carboxylic acids is 2. The summed E-state index contributed by atoms with van der Waals surface area (Å²) in [6.07, 6.45) is 3.54. The standard InChI is InChI=1S/C14H11FN2O2/c1-9-4-5-11(15)7-12(9)14(19)17-13-10(8-18)3-2-6-16-13/h2,4-7H,3H2,1H3,(H,16,17,19). The van der Waals surface area contributed by atoms with Crippen LogP contribution in [-0.4, -0.2) is 17.7 Å². The number of hydrogen-bond acceptors (Lipinski definition) is 3. The number of aliphatic imine (C=N–C) groups is 1. The second-order valence-electron chi connectivity index (χ2n) is 4.06. The number of halogens is 1. The highest BCUT2D eigenvalue weighted by molar-refractivity contribution is 6.16. The number of rotatable bonds is 1. The van der Waals surface area contributed by atoms with Gasteiger partial charge in [0.1, 0.15) is 17.6 Å². The minimum atomic E-state index is -0.501. The van der Waals surface area contributed by atoms with Crippen LogP contribution in [0.15, 0.2) is 41.0 Å². The molecule has 0 spiro atoms. The fourth-order valence-electron chi connectivity index (χ4n) is 1.68. The molecule has 5 heteroatoms. The molecule has 1 heterocycles. The summed E-state index contributed by atoms with van der Waals surface area (Å²) < 4.78 is 13.1. The smallest absolute Gasteiger partial charge is 0.257 e. The highest BCUT2D eigenvalue weighted by Gasteiger charge is 2.16. The van der Waals surface area contributed by atoms with Crippen LogP contribution in [0.25, 0.3) is 0 Å². The van der Waals surface area contributed by atoms with Crippen LogP contribution in [-0.2, 0) is 4.79 Å². The Kier molecular flexibility index (Phi) is 3.68. The number of amidine groups is 1. The summed E-state index contributed by atoms with van der Waals surface area (Å²) in [5.41, 5.74) is 1.12. The van der Waals surface area contributed by atoms with Gasteiger partial charge in [-0.3, -0.25) is 4.79 Å². The van der Waals surface area contributed by atoms with Crippen LogP contribution in [0, 0.1) is 12.7 Å². The summed E-state index contributed by atoms with van der Waals surface area (Å²) in [7, 11) is 0. The molecule has 0 fully saturated rings. The van der Waals surface area contributed by atoms with Gasteiger partial charge in [0.25, 0.3) is 5.91 Å². The molecular formula is C14H11FN2O2. The van der Waals surface area contributed by atoms with E-state index >= 15 is 0 Å². The predicted molar refractivity (Wildman–Crippen MR) is 69.0 cm³/mol. The zero-order chi connectivity index (χ0) is 13.8. The molecule has 1 aromatic carbocycles. The van der Waals surface area contributed by atoms with E-state index in [1.165, 1.54) is 18.3 Å². The summed E-state index contributed by atoms with van der Waals surface area (Å²) >= 11 is 0. The van der Waals surface area contributed by atoms with Gasteiger partial charge in [0.15, 0.2) is 0 Å². The average Bonchev–Trinajstić information content (AvgIpc) is 2.42. The van der Waals surface area contributed by atoms with E-state index in [0.29, 0.717) is 12.0 Å². The van der Waals surface area contributed by atoms with Gasteiger partial charge in [-0.1, -0.05) is 12.1 Å². The van der Waals surface area contributed by atoms with Gasteiger partial charge in [0.05, 0.1) is 5.57 Å². The minimum absolute atomic E-state index is 0.158. The van der Waals surface area contributed by atoms with Crippen LogP contribution in [0.2, 0.25) is 0 Å². The SMILES string of the molecule is Cc1ccc(F)cc1C(=O)NC1=NC=CCC1=C=O. The van der Waals surface area contributed by atoms with E-state index in [2.05, 4.69) is 10.3 Å². The molecule has 0 saturated heterocycles. The van der Waals surface area contributed by atoms with Crippen molar-refractivity contribution in [3.63, 3.8) is 0 Å². The molecule has 1 amide bonds. The molecule has 0 bridgehead atoms. The number of nitrogens with zero attached hydrogens (tertiary/aromatic N) is 1. The molecule has 0 aromatic heterocycles. The van der Waals surface area contributed by atoms with Gasteiger partial charge >= 0.3 is 0 Å². The van der Waals surface area contributed by atoms with Crippen molar-refractivity contribution in [3.8, 4) is 0 Å². The first kappa shape index (κ1) is 12.9. The Bertz CT molecular complexity index is 641. The fourth-order valence-corrected chi connectivity index (χ4v) is 1.68. The third-order valence-corrected chi connectivity index (χ3v) is 2.72. The van der Waals surface area contributed by atoms with Crippen molar-refractivity contribution in [2.75, 3.05) is 0 Å². The quantitative estimate of drug-likeness (QED) is 0.782. The van der Waals surface area contributed by atoms with Crippen molar-refractivity contribution in [1.29, 1.82) is 0 Å². The zero-order valence-corrected chi connectivity index (χ0v) is 10.2. The summed E-state index contributed by atoms with van der Waals surface area (Å²) in [5.74, 6) is 0.897. The number of nitrogens with one attached hydrogen (secondary N) is 1. The van der Waals surface area contributed by atoms with Crippen molar-refractivity contribution in [2.24, 2.45) is 4.99 Å². The van der Waals surface area contributed by atoms with Crippen LogP contribution in [0.5, 0.6) is 0 Å². The van der Waals surface area contributed by atoms with Crippen LogP contribution in [0.4, 0.5) is 4.39 Å². The maximum absolute atomic E-state index is 13.1. The zero-order valence-electron chi connectivity index (χ0n) is 10.2. The van der Waals surface area contributed by atoms with Crippen LogP contribution < -0.4 is 5.32 Å². The number of hydrogen-bond donors (Lipinski definition) is 1. The highest BCUT2D eigenvalue weighted by Crippen LogP contribution is 2.12. The first-order valence-electron chi connectivity index (χ1n) is 5.66. The summed E-state index contributed by atoms with van der Waals surface area (Å²) in [4.78, 5) is 26.7. The van der Waals surface area contributed by atoms with Crippen molar-refractivity contribution in [2.45, 2.75) is 13.3 Å².